The average Bonchev–Trinajstić information content (AvgIpc) is 3.06. The number of alkyl halides is 6. The molecule has 150 valence electrons. The predicted molar refractivity (Wildman–Crippen MR) is 84.5 cm³/mol. The van der Waals surface area contributed by atoms with Gasteiger partial charge in [-0.3, -0.25) is 13.8 Å². The highest BCUT2D eigenvalue weighted by Crippen LogP contribution is 2.31. The van der Waals surface area contributed by atoms with Crippen LogP contribution < -0.4 is 10.3 Å². The lowest BCUT2D eigenvalue weighted by molar-refractivity contribution is -0.141. The Labute approximate surface area is 153 Å². The Bertz CT molecular complexity index is 1070. The summed E-state index contributed by atoms with van der Waals surface area (Å²) in [5.74, 6) is 0.199. The highest BCUT2D eigenvalue weighted by atomic mass is 19.4. The Hall–Kier alpha value is -3.05. The molecule has 3 heterocycles. The van der Waals surface area contributed by atoms with E-state index in [-0.39, 0.29) is 17.1 Å². The van der Waals surface area contributed by atoms with Crippen LogP contribution in [0, 0.1) is 0 Å². The highest BCUT2D eigenvalue weighted by molar-refractivity contribution is 5.50. The van der Waals surface area contributed by atoms with Crippen LogP contribution >= 0.6 is 0 Å². The molecule has 0 spiro atoms. The van der Waals surface area contributed by atoms with Gasteiger partial charge < -0.3 is 4.74 Å². The largest absolute Gasteiger partial charge is 0.497 e. The average molecular weight is 406 g/mol. The van der Waals surface area contributed by atoms with Crippen LogP contribution in [-0.2, 0) is 12.6 Å². The minimum absolute atomic E-state index is 0.107. The van der Waals surface area contributed by atoms with Crippen LogP contribution in [0.3, 0.4) is 0 Å². The van der Waals surface area contributed by atoms with Gasteiger partial charge >= 0.3 is 12.4 Å². The molecule has 0 N–H and O–H groups in total. The molecule has 3 aromatic rings. The zero-order valence-electron chi connectivity index (χ0n) is 14.2. The summed E-state index contributed by atoms with van der Waals surface area (Å²) < 4.78 is 84.1. The monoisotopic (exact) mass is 406 g/mol. The molecule has 0 atom stereocenters. The van der Waals surface area contributed by atoms with Crippen LogP contribution in [-0.4, -0.2) is 32.2 Å². The van der Waals surface area contributed by atoms with Gasteiger partial charge in [-0.25, -0.2) is 9.97 Å². The molecule has 0 bridgehead atoms. The minimum atomic E-state index is -4.98. The summed E-state index contributed by atoms with van der Waals surface area (Å²) in [5, 5.41) is 0. The highest BCUT2D eigenvalue weighted by Gasteiger charge is 2.38. The number of rotatable bonds is 4. The number of ether oxygens (including phenoxy) is 1. The van der Waals surface area contributed by atoms with Crippen molar-refractivity contribution in [1.82, 2.24) is 18.9 Å². The fourth-order valence-corrected chi connectivity index (χ4v) is 2.55. The lowest BCUT2D eigenvalue weighted by Gasteiger charge is -2.14. The molecule has 6 nitrogen and oxygen atoms in total. The number of aryl methyl sites for hydroxylation is 1. The standard InChI is InChI=1S/C16H12F6N4O2/c1-28-10-3-5-26-11(6-10)24-13(16(20,21)22)12(14(26)27)25-7-9(23-8-25)2-4-15(17,18)19/h3,5-8H,2,4H2,1H3. The Morgan fingerprint density at radius 3 is 2.50 bits per heavy atom. The number of imidazole rings is 1. The SMILES string of the molecule is COc1ccn2c(=O)c(-n3cnc(CCC(F)(F)F)c3)c(C(F)(F)F)nc2c1. The maximum absolute atomic E-state index is 13.5. The number of hydrogen-bond donors (Lipinski definition) is 0. The Morgan fingerprint density at radius 1 is 1.18 bits per heavy atom. The van der Waals surface area contributed by atoms with Crippen molar-refractivity contribution in [2.24, 2.45) is 0 Å². The summed E-state index contributed by atoms with van der Waals surface area (Å²) in [6, 6.07) is 2.51. The molecule has 0 aliphatic rings. The third-order valence-electron chi connectivity index (χ3n) is 3.84. The van der Waals surface area contributed by atoms with Crippen LogP contribution in [0.4, 0.5) is 26.3 Å². The smallest absolute Gasteiger partial charge is 0.435 e. The van der Waals surface area contributed by atoms with Gasteiger partial charge in [0.25, 0.3) is 5.56 Å². The molecule has 0 amide bonds. The molecular formula is C16H12F6N4O2. The van der Waals surface area contributed by atoms with Crippen LogP contribution in [0.25, 0.3) is 11.3 Å². The topological polar surface area (TPSA) is 61.4 Å². The fourth-order valence-electron chi connectivity index (χ4n) is 2.55. The van der Waals surface area contributed by atoms with Crippen molar-refractivity contribution in [1.29, 1.82) is 0 Å². The van der Waals surface area contributed by atoms with E-state index in [1.165, 1.54) is 19.4 Å². The summed E-state index contributed by atoms with van der Waals surface area (Å²) in [5.41, 5.74) is -3.80. The number of pyridine rings is 1. The minimum Gasteiger partial charge on any atom is -0.497 e. The quantitative estimate of drug-likeness (QED) is 0.624. The number of nitrogens with zero attached hydrogens (tertiary/aromatic N) is 4. The van der Waals surface area contributed by atoms with Crippen molar-refractivity contribution in [3.8, 4) is 11.4 Å². The number of halogens is 6. The third-order valence-corrected chi connectivity index (χ3v) is 3.84. The molecule has 0 saturated heterocycles. The van der Waals surface area contributed by atoms with Crippen molar-refractivity contribution in [3.63, 3.8) is 0 Å². The molecule has 0 aliphatic carbocycles. The van der Waals surface area contributed by atoms with E-state index in [2.05, 4.69) is 9.97 Å². The summed E-state index contributed by atoms with van der Waals surface area (Å²) in [6.07, 6.45) is -8.14. The third kappa shape index (κ3) is 3.94. The first-order valence-electron chi connectivity index (χ1n) is 7.77. The molecule has 12 heteroatoms. The van der Waals surface area contributed by atoms with Crippen LogP contribution in [0.2, 0.25) is 0 Å². The lowest BCUT2D eigenvalue weighted by Crippen LogP contribution is -2.27. The molecule has 0 aromatic carbocycles. The molecule has 0 fully saturated rings. The molecule has 28 heavy (non-hydrogen) atoms. The lowest BCUT2D eigenvalue weighted by atomic mass is 10.2. The summed E-state index contributed by atoms with van der Waals surface area (Å²) in [6.45, 7) is 0. The maximum atomic E-state index is 13.5. The molecule has 0 aliphatic heterocycles. The van der Waals surface area contributed by atoms with E-state index in [9.17, 15) is 31.1 Å². The van der Waals surface area contributed by atoms with Crippen molar-refractivity contribution in [2.45, 2.75) is 25.2 Å². The molecule has 0 saturated carbocycles. The van der Waals surface area contributed by atoms with Gasteiger partial charge in [0.2, 0.25) is 0 Å². The normalized spacial score (nSPS) is 12.5. The molecule has 0 radical (unpaired) electrons. The van der Waals surface area contributed by atoms with Gasteiger partial charge in [0.1, 0.15) is 17.1 Å². The predicted octanol–water partition coefficient (Wildman–Crippen LogP) is 3.40. The van der Waals surface area contributed by atoms with Gasteiger partial charge in [-0.1, -0.05) is 0 Å². The number of methoxy groups -OCH3 is 1. The fraction of sp³-hybridized carbons (Fsp3) is 0.312. The van der Waals surface area contributed by atoms with Gasteiger partial charge in [0.05, 0.1) is 19.1 Å². The van der Waals surface area contributed by atoms with Crippen molar-refractivity contribution >= 4 is 5.65 Å². The first-order chi connectivity index (χ1) is 13.0. The molecule has 0 unspecified atom stereocenters. The second kappa shape index (κ2) is 6.84. The zero-order valence-corrected chi connectivity index (χ0v) is 14.2. The van der Waals surface area contributed by atoms with Gasteiger partial charge in [-0.2, -0.15) is 26.3 Å². The molecular weight excluding hydrogens is 394 g/mol. The van der Waals surface area contributed by atoms with E-state index in [4.69, 9.17) is 4.74 Å². The van der Waals surface area contributed by atoms with Gasteiger partial charge in [-0.15, -0.1) is 0 Å². The van der Waals surface area contributed by atoms with Crippen LogP contribution in [0.5, 0.6) is 5.75 Å². The molecule has 3 rings (SSSR count). The maximum Gasteiger partial charge on any atom is 0.435 e. The Kier molecular flexibility index (Phi) is 4.81. The van der Waals surface area contributed by atoms with Crippen LogP contribution in [0.1, 0.15) is 17.8 Å². The second-order valence-electron chi connectivity index (χ2n) is 5.79. The van der Waals surface area contributed by atoms with E-state index in [1.54, 1.807) is 0 Å². The van der Waals surface area contributed by atoms with Crippen molar-refractivity contribution in [3.05, 3.63) is 52.6 Å². The number of hydrogen-bond acceptors (Lipinski definition) is 4. The first kappa shape index (κ1) is 19.7. The number of fused-ring (bicyclic) bond motifs is 1. The summed E-state index contributed by atoms with van der Waals surface area (Å²) in [4.78, 5) is 19.9. The van der Waals surface area contributed by atoms with Gasteiger partial charge in [0.15, 0.2) is 5.69 Å². The summed E-state index contributed by atoms with van der Waals surface area (Å²) >= 11 is 0. The van der Waals surface area contributed by atoms with Gasteiger partial charge in [-0.05, 0) is 12.5 Å². The van der Waals surface area contributed by atoms with Crippen molar-refractivity contribution < 1.29 is 31.1 Å². The Balaban J connectivity index is 2.16. The van der Waals surface area contributed by atoms with E-state index >= 15 is 0 Å². The van der Waals surface area contributed by atoms with Crippen LogP contribution in [0.15, 0.2) is 35.6 Å². The number of aromatic nitrogens is 4. The van der Waals surface area contributed by atoms with E-state index in [1.807, 2.05) is 0 Å². The Morgan fingerprint density at radius 2 is 1.89 bits per heavy atom. The summed E-state index contributed by atoms with van der Waals surface area (Å²) in [7, 11) is 1.30. The molecule has 3 aromatic heterocycles. The van der Waals surface area contributed by atoms with E-state index < -0.39 is 42.1 Å². The zero-order chi connectivity index (χ0) is 20.7. The van der Waals surface area contributed by atoms with E-state index in [0.29, 0.717) is 0 Å². The van der Waals surface area contributed by atoms with Gasteiger partial charge in [0, 0.05) is 24.9 Å². The van der Waals surface area contributed by atoms with E-state index in [0.717, 1.165) is 27.6 Å². The van der Waals surface area contributed by atoms with Crippen molar-refractivity contribution in [2.75, 3.05) is 7.11 Å². The second-order valence-corrected chi connectivity index (χ2v) is 5.79. The first-order valence-corrected chi connectivity index (χ1v) is 7.77.